The van der Waals surface area contributed by atoms with Crippen LogP contribution >= 0.6 is 0 Å². The van der Waals surface area contributed by atoms with Crippen molar-refractivity contribution in [3.63, 3.8) is 0 Å². The molecule has 1 saturated heterocycles. The van der Waals surface area contributed by atoms with Gasteiger partial charge in [-0.25, -0.2) is 0 Å². The Balaban J connectivity index is 1.65. The van der Waals surface area contributed by atoms with Gasteiger partial charge < -0.3 is 19.7 Å². The Morgan fingerprint density at radius 1 is 1.07 bits per heavy atom. The lowest BCUT2D eigenvalue weighted by Crippen LogP contribution is -2.47. The molecule has 154 valence electrons. The van der Waals surface area contributed by atoms with E-state index < -0.39 is 0 Å². The van der Waals surface area contributed by atoms with Crippen LogP contribution in [0.15, 0.2) is 24.3 Å². The highest BCUT2D eigenvalue weighted by molar-refractivity contribution is 5.98. The highest BCUT2D eigenvalue weighted by atomic mass is 16.5. The van der Waals surface area contributed by atoms with Crippen LogP contribution in [-0.2, 0) is 19.1 Å². The van der Waals surface area contributed by atoms with Crippen LogP contribution in [0, 0.1) is 6.92 Å². The van der Waals surface area contributed by atoms with Gasteiger partial charge in [-0.05, 0) is 19.8 Å². The van der Waals surface area contributed by atoms with Crippen LogP contribution in [0.25, 0.3) is 0 Å². The number of amides is 2. The zero-order valence-corrected chi connectivity index (χ0v) is 16.7. The Morgan fingerprint density at radius 3 is 2.39 bits per heavy atom. The molecule has 0 saturated carbocycles. The third-order valence-electron chi connectivity index (χ3n) is 4.82. The number of piperidine rings is 1. The molecule has 0 atom stereocenters. The quantitative estimate of drug-likeness (QED) is 0.486. The molecule has 0 aliphatic carbocycles. The monoisotopic (exact) mass is 390 g/mol. The number of methoxy groups -OCH3 is 1. The molecule has 1 aliphatic rings. The van der Waals surface area contributed by atoms with E-state index in [0.717, 1.165) is 5.56 Å². The van der Waals surface area contributed by atoms with Crippen LogP contribution in [0.5, 0.6) is 0 Å². The number of ketones is 1. The molecule has 7 heteroatoms. The van der Waals surface area contributed by atoms with Crippen molar-refractivity contribution in [2.24, 2.45) is 0 Å². The van der Waals surface area contributed by atoms with Gasteiger partial charge in [-0.2, -0.15) is 0 Å². The van der Waals surface area contributed by atoms with Crippen molar-refractivity contribution in [3.8, 4) is 0 Å². The van der Waals surface area contributed by atoms with Crippen molar-refractivity contribution in [2.45, 2.75) is 38.6 Å². The van der Waals surface area contributed by atoms with E-state index in [1.807, 2.05) is 19.1 Å². The van der Waals surface area contributed by atoms with Gasteiger partial charge in [0, 0.05) is 44.6 Å². The van der Waals surface area contributed by atoms with Gasteiger partial charge in [0.25, 0.3) is 0 Å². The predicted molar refractivity (Wildman–Crippen MR) is 105 cm³/mol. The SMILES string of the molecule is COCCOCC(=O)NC1CCN(C(=O)CCC(=O)c2ccc(C)cc2)CC1. The van der Waals surface area contributed by atoms with E-state index in [0.29, 0.717) is 44.7 Å². The summed E-state index contributed by atoms with van der Waals surface area (Å²) in [6.45, 7) is 4.01. The van der Waals surface area contributed by atoms with E-state index in [2.05, 4.69) is 5.32 Å². The number of hydrogen-bond acceptors (Lipinski definition) is 5. The first-order valence-electron chi connectivity index (χ1n) is 9.73. The summed E-state index contributed by atoms with van der Waals surface area (Å²) in [5.41, 5.74) is 1.75. The highest BCUT2D eigenvalue weighted by Crippen LogP contribution is 2.14. The summed E-state index contributed by atoms with van der Waals surface area (Å²) >= 11 is 0. The van der Waals surface area contributed by atoms with Crippen LogP contribution in [0.2, 0.25) is 0 Å². The molecule has 0 bridgehead atoms. The third kappa shape index (κ3) is 7.40. The number of nitrogens with one attached hydrogen (secondary N) is 1. The molecule has 7 nitrogen and oxygen atoms in total. The lowest BCUT2D eigenvalue weighted by atomic mass is 10.0. The van der Waals surface area contributed by atoms with Gasteiger partial charge in [-0.3, -0.25) is 14.4 Å². The van der Waals surface area contributed by atoms with Crippen LogP contribution in [0.1, 0.15) is 41.6 Å². The molecule has 2 rings (SSSR count). The Hall–Kier alpha value is -2.25. The van der Waals surface area contributed by atoms with E-state index in [4.69, 9.17) is 9.47 Å². The fourth-order valence-electron chi connectivity index (χ4n) is 3.11. The second-order valence-corrected chi connectivity index (χ2v) is 7.06. The number of likely N-dealkylation sites (tertiary alicyclic amines) is 1. The van der Waals surface area contributed by atoms with E-state index in [1.165, 1.54) is 0 Å². The van der Waals surface area contributed by atoms with Gasteiger partial charge in [0.15, 0.2) is 5.78 Å². The van der Waals surface area contributed by atoms with Crippen molar-refractivity contribution in [1.29, 1.82) is 0 Å². The molecule has 1 fully saturated rings. The maximum atomic E-state index is 12.4. The minimum absolute atomic E-state index is 0.00635. The first-order valence-corrected chi connectivity index (χ1v) is 9.73. The molecule has 0 unspecified atom stereocenters. The van der Waals surface area contributed by atoms with Gasteiger partial charge in [0.2, 0.25) is 11.8 Å². The normalized spacial score (nSPS) is 14.7. The molecule has 1 N–H and O–H groups in total. The van der Waals surface area contributed by atoms with Gasteiger partial charge >= 0.3 is 0 Å². The summed E-state index contributed by atoms with van der Waals surface area (Å²) in [6, 6.07) is 7.45. The number of hydrogen-bond donors (Lipinski definition) is 1. The minimum atomic E-state index is -0.149. The zero-order chi connectivity index (χ0) is 20.4. The number of ether oxygens (including phenoxy) is 2. The molecule has 0 radical (unpaired) electrons. The first kappa shape index (κ1) is 22.0. The standard InChI is InChI=1S/C21H30N2O5/c1-16-3-5-17(6-4-16)19(24)7-8-21(26)23-11-9-18(10-12-23)22-20(25)15-28-14-13-27-2/h3-6,18H,7-15H2,1-2H3,(H,22,25). The molecular weight excluding hydrogens is 360 g/mol. The lowest BCUT2D eigenvalue weighted by molar-refractivity contribution is -0.132. The maximum Gasteiger partial charge on any atom is 0.246 e. The van der Waals surface area contributed by atoms with Gasteiger partial charge in [0.05, 0.1) is 13.2 Å². The average Bonchev–Trinajstić information content (AvgIpc) is 2.70. The number of carbonyl (C=O) groups excluding carboxylic acids is 3. The van der Waals surface area contributed by atoms with E-state index >= 15 is 0 Å². The summed E-state index contributed by atoms with van der Waals surface area (Å²) < 4.78 is 10.1. The molecule has 1 aliphatic heterocycles. The molecule has 1 heterocycles. The molecule has 1 aromatic rings. The fourth-order valence-corrected chi connectivity index (χ4v) is 3.11. The summed E-state index contributed by atoms with van der Waals surface area (Å²) in [6.07, 6.45) is 1.86. The largest absolute Gasteiger partial charge is 0.382 e. The number of carbonyl (C=O) groups is 3. The predicted octanol–water partition coefficient (Wildman–Crippen LogP) is 1.73. The summed E-state index contributed by atoms with van der Waals surface area (Å²) in [5, 5.41) is 2.93. The number of aryl methyl sites for hydroxylation is 1. The van der Waals surface area contributed by atoms with Crippen LogP contribution in [-0.4, -0.2) is 68.6 Å². The molecule has 0 spiro atoms. The number of nitrogens with zero attached hydrogens (tertiary/aromatic N) is 1. The molecular formula is C21H30N2O5. The van der Waals surface area contributed by atoms with E-state index in [-0.39, 0.29) is 43.1 Å². The zero-order valence-electron chi connectivity index (χ0n) is 16.7. The minimum Gasteiger partial charge on any atom is -0.382 e. The van der Waals surface area contributed by atoms with Gasteiger partial charge in [-0.1, -0.05) is 29.8 Å². The molecule has 2 amide bonds. The van der Waals surface area contributed by atoms with Crippen LogP contribution < -0.4 is 5.32 Å². The van der Waals surface area contributed by atoms with E-state index in [9.17, 15) is 14.4 Å². The number of rotatable bonds is 10. The van der Waals surface area contributed by atoms with Crippen molar-refractivity contribution < 1.29 is 23.9 Å². The lowest BCUT2D eigenvalue weighted by Gasteiger charge is -2.32. The van der Waals surface area contributed by atoms with Gasteiger partial charge in [-0.15, -0.1) is 0 Å². The fraction of sp³-hybridized carbons (Fsp3) is 0.571. The number of benzene rings is 1. The maximum absolute atomic E-state index is 12.4. The van der Waals surface area contributed by atoms with Crippen molar-refractivity contribution in [1.82, 2.24) is 10.2 Å². The Morgan fingerprint density at radius 2 is 1.75 bits per heavy atom. The number of Topliss-reactive ketones (excluding diaryl/α,β-unsaturated/α-hetero) is 1. The Bertz CT molecular complexity index is 651. The third-order valence-corrected chi connectivity index (χ3v) is 4.82. The van der Waals surface area contributed by atoms with Crippen molar-refractivity contribution >= 4 is 17.6 Å². The first-order chi connectivity index (χ1) is 13.5. The Labute approximate surface area is 166 Å². The van der Waals surface area contributed by atoms with Crippen molar-refractivity contribution in [2.75, 3.05) is 40.0 Å². The highest BCUT2D eigenvalue weighted by Gasteiger charge is 2.24. The van der Waals surface area contributed by atoms with Crippen molar-refractivity contribution in [3.05, 3.63) is 35.4 Å². The summed E-state index contributed by atoms with van der Waals surface area (Å²) in [4.78, 5) is 38.2. The average molecular weight is 390 g/mol. The molecule has 0 aromatic heterocycles. The van der Waals surface area contributed by atoms with E-state index in [1.54, 1.807) is 24.1 Å². The second-order valence-electron chi connectivity index (χ2n) is 7.06. The summed E-state index contributed by atoms with van der Waals surface area (Å²) in [7, 11) is 1.58. The topological polar surface area (TPSA) is 84.9 Å². The summed E-state index contributed by atoms with van der Waals surface area (Å²) in [5.74, 6) is -0.165. The van der Waals surface area contributed by atoms with Gasteiger partial charge in [0.1, 0.15) is 6.61 Å². The van der Waals surface area contributed by atoms with Crippen LogP contribution in [0.3, 0.4) is 0 Å². The molecule has 28 heavy (non-hydrogen) atoms. The molecule has 1 aromatic carbocycles. The Kier molecular flexibility index (Phi) is 9.10. The second kappa shape index (κ2) is 11.6. The smallest absolute Gasteiger partial charge is 0.246 e. The van der Waals surface area contributed by atoms with Crippen LogP contribution in [0.4, 0.5) is 0 Å².